The number of carbonyl (C=O) groups is 1. The highest BCUT2D eigenvalue weighted by Gasteiger charge is 2.34. The molecule has 2 N–H and O–H groups in total. The highest BCUT2D eigenvalue weighted by Crippen LogP contribution is 2.27. The van der Waals surface area contributed by atoms with Crippen molar-refractivity contribution in [2.45, 2.75) is 31.5 Å². The number of aromatic nitrogens is 4. The van der Waals surface area contributed by atoms with Gasteiger partial charge in [-0.2, -0.15) is 10.2 Å². The molecule has 0 aliphatic heterocycles. The van der Waals surface area contributed by atoms with Crippen molar-refractivity contribution in [1.82, 2.24) is 24.9 Å². The van der Waals surface area contributed by atoms with Crippen molar-refractivity contribution < 1.29 is 9.90 Å². The smallest absolute Gasteiger partial charge is 0.251 e. The molecule has 0 spiro atoms. The average molecular weight is 351 g/mol. The molecule has 7 heteroatoms. The predicted octanol–water partition coefficient (Wildman–Crippen LogP) is 1.64. The fourth-order valence-corrected chi connectivity index (χ4v) is 3.56. The highest BCUT2D eigenvalue weighted by atomic mass is 16.3. The Morgan fingerprint density at radius 1 is 1.15 bits per heavy atom. The number of aliphatic hydroxyl groups is 1. The Hall–Kier alpha value is -2.93. The van der Waals surface area contributed by atoms with E-state index >= 15 is 0 Å². The van der Waals surface area contributed by atoms with Crippen molar-refractivity contribution >= 4 is 5.91 Å². The molecule has 2 aromatic heterocycles. The average Bonchev–Trinajstić information content (AvgIpc) is 3.39. The number of amides is 1. The van der Waals surface area contributed by atoms with Gasteiger partial charge in [-0.25, -0.2) is 4.68 Å². The molecular weight excluding hydrogens is 330 g/mol. The Kier molecular flexibility index (Phi) is 4.53. The first-order chi connectivity index (χ1) is 12.7. The minimum Gasteiger partial charge on any atom is -0.391 e. The van der Waals surface area contributed by atoms with E-state index in [1.807, 2.05) is 41.3 Å². The van der Waals surface area contributed by atoms with E-state index in [0.717, 1.165) is 18.7 Å². The Morgan fingerprint density at radius 2 is 2.00 bits per heavy atom. The summed E-state index contributed by atoms with van der Waals surface area (Å²) in [6.45, 7) is 0.755. The number of nitrogens with zero attached hydrogens (tertiary/aromatic N) is 4. The monoisotopic (exact) mass is 351 g/mol. The second-order valence-electron chi connectivity index (χ2n) is 6.71. The van der Waals surface area contributed by atoms with E-state index in [9.17, 15) is 9.90 Å². The number of hydrogen-bond donors (Lipinski definition) is 2. The molecule has 2 heterocycles. The summed E-state index contributed by atoms with van der Waals surface area (Å²) >= 11 is 0. The molecule has 0 radical (unpaired) electrons. The minimum atomic E-state index is -0.534. The Labute approximate surface area is 151 Å². The summed E-state index contributed by atoms with van der Waals surface area (Å²) in [5.41, 5.74) is 1.38. The maximum Gasteiger partial charge on any atom is 0.251 e. The maximum absolute atomic E-state index is 12.6. The predicted molar refractivity (Wildman–Crippen MR) is 95.8 cm³/mol. The van der Waals surface area contributed by atoms with Gasteiger partial charge in [-0.1, -0.05) is 6.07 Å². The van der Waals surface area contributed by atoms with E-state index in [4.69, 9.17) is 0 Å². The first kappa shape index (κ1) is 16.5. The lowest BCUT2D eigenvalue weighted by Crippen LogP contribution is -2.39. The zero-order valence-electron chi connectivity index (χ0n) is 14.3. The zero-order valence-corrected chi connectivity index (χ0v) is 14.3. The molecule has 1 fully saturated rings. The molecule has 1 aliphatic rings. The van der Waals surface area contributed by atoms with E-state index in [2.05, 4.69) is 15.5 Å². The summed E-state index contributed by atoms with van der Waals surface area (Å²) in [6.07, 6.45) is 8.06. The van der Waals surface area contributed by atoms with Gasteiger partial charge in [0.2, 0.25) is 0 Å². The summed E-state index contributed by atoms with van der Waals surface area (Å²) in [4.78, 5) is 12.6. The van der Waals surface area contributed by atoms with Gasteiger partial charge < -0.3 is 10.4 Å². The summed E-state index contributed by atoms with van der Waals surface area (Å²) in [5, 5.41) is 21.7. The summed E-state index contributed by atoms with van der Waals surface area (Å²) < 4.78 is 3.58. The fourth-order valence-electron chi connectivity index (χ4n) is 3.56. The fraction of sp³-hybridized carbons (Fsp3) is 0.316. The van der Waals surface area contributed by atoms with Crippen molar-refractivity contribution in [3.05, 3.63) is 66.7 Å². The molecule has 1 aromatic carbocycles. The molecule has 0 bridgehead atoms. The molecule has 1 saturated carbocycles. The van der Waals surface area contributed by atoms with Crippen LogP contribution in [0, 0.1) is 5.92 Å². The van der Waals surface area contributed by atoms with E-state index in [-0.39, 0.29) is 11.9 Å². The Bertz CT molecular complexity index is 860. The van der Waals surface area contributed by atoms with Gasteiger partial charge in [0.15, 0.2) is 0 Å². The van der Waals surface area contributed by atoms with Gasteiger partial charge in [0, 0.05) is 36.9 Å². The molecule has 1 unspecified atom stereocenters. The first-order valence-corrected chi connectivity index (χ1v) is 8.75. The van der Waals surface area contributed by atoms with Crippen LogP contribution >= 0.6 is 0 Å². The van der Waals surface area contributed by atoms with Gasteiger partial charge in [-0.15, -0.1) is 0 Å². The third-order valence-electron chi connectivity index (χ3n) is 4.82. The number of aliphatic hydroxyl groups excluding tert-OH is 1. The lowest BCUT2D eigenvalue weighted by atomic mass is 10.1. The lowest BCUT2D eigenvalue weighted by Gasteiger charge is -2.17. The zero-order chi connectivity index (χ0) is 17.9. The number of carbonyl (C=O) groups excluding carboxylic acids is 1. The summed E-state index contributed by atoms with van der Waals surface area (Å²) in [7, 11) is 0. The standard InChI is InChI=1S/C19H21N5O2/c25-18-11-14(13-23-8-2-6-20-23)10-17(18)22-19(26)15-4-1-5-16(12-15)24-9-3-7-21-24/h1-9,12,14,17-18,25H,10-11,13H2,(H,22,26)/t14?,17-,18-/m1/s1. The first-order valence-electron chi connectivity index (χ1n) is 8.75. The van der Waals surface area contributed by atoms with Gasteiger partial charge in [0.1, 0.15) is 0 Å². The van der Waals surface area contributed by atoms with Crippen molar-refractivity contribution in [1.29, 1.82) is 0 Å². The molecule has 26 heavy (non-hydrogen) atoms. The molecule has 0 saturated heterocycles. The van der Waals surface area contributed by atoms with Crippen LogP contribution in [0.5, 0.6) is 0 Å². The third-order valence-corrected chi connectivity index (χ3v) is 4.82. The molecule has 1 aliphatic carbocycles. The quantitative estimate of drug-likeness (QED) is 0.732. The van der Waals surface area contributed by atoms with Gasteiger partial charge in [-0.05, 0) is 49.1 Å². The molecular formula is C19H21N5O2. The summed E-state index contributed by atoms with van der Waals surface area (Å²) in [6, 6.07) is 10.8. The van der Waals surface area contributed by atoms with Gasteiger partial charge in [-0.3, -0.25) is 9.48 Å². The van der Waals surface area contributed by atoms with Crippen LogP contribution in [0.2, 0.25) is 0 Å². The van der Waals surface area contributed by atoms with Gasteiger partial charge in [0.05, 0.1) is 17.8 Å². The minimum absolute atomic E-state index is 0.178. The van der Waals surface area contributed by atoms with Crippen LogP contribution in [-0.4, -0.2) is 42.7 Å². The molecule has 134 valence electrons. The number of benzene rings is 1. The summed E-state index contributed by atoms with van der Waals surface area (Å²) in [5.74, 6) is 0.119. The molecule has 1 amide bonds. The van der Waals surface area contributed by atoms with Crippen LogP contribution in [0.1, 0.15) is 23.2 Å². The largest absolute Gasteiger partial charge is 0.391 e. The second-order valence-corrected chi connectivity index (χ2v) is 6.71. The van der Waals surface area contributed by atoms with Crippen LogP contribution in [0.25, 0.3) is 5.69 Å². The topological polar surface area (TPSA) is 85.0 Å². The SMILES string of the molecule is O=C(N[C@@H]1CC(Cn2cccn2)C[C@H]1O)c1cccc(-n2cccn2)c1. The van der Waals surface area contributed by atoms with E-state index in [1.54, 1.807) is 29.2 Å². The van der Waals surface area contributed by atoms with Crippen molar-refractivity contribution in [3.8, 4) is 5.69 Å². The molecule has 3 aromatic rings. The van der Waals surface area contributed by atoms with Gasteiger partial charge >= 0.3 is 0 Å². The van der Waals surface area contributed by atoms with Crippen molar-refractivity contribution in [2.75, 3.05) is 0 Å². The van der Waals surface area contributed by atoms with E-state index < -0.39 is 6.10 Å². The second kappa shape index (κ2) is 7.13. The van der Waals surface area contributed by atoms with Crippen LogP contribution in [0.15, 0.2) is 61.2 Å². The highest BCUT2D eigenvalue weighted by molar-refractivity contribution is 5.95. The van der Waals surface area contributed by atoms with Crippen molar-refractivity contribution in [3.63, 3.8) is 0 Å². The van der Waals surface area contributed by atoms with Crippen LogP contribution in [0.3, 0.4) is 0 Å². The number of hydrogen-bond acceptors (Lipinski definition) is 4. The van der Waals surface area contributed by atoms with Gasteiger partial charge in [0.25, 0.3) is 5.91 Å². The molecule has 4 rings (SSSR count). The number of rotatable bonds is 5. The normalized spacial score (nSPS) is 22.4. The van der Waals surface area contributed by atoms with E-state index in [1.165, 1.54) is 0 Å². The Morgan fingerprint density at radius 3 is 2.77 bits per heavy atom. The third kappa shape index (κ3) is 3.52. The molecule has 3 atom stereocenters. The van der Waals surface area contributed by atoms with Crippen LogP contribution < -0.4 is 5.32 Å². The van der Waals surface area contributed by atoms with Crippen LogP contribution in [-0.2, 0) is 6.54 Å². The van der Waals surface area contributed by atoms with Crippen LogP contribution in [0.4, 0.5) is 0 Å². The number of nitrogens with one attached hydrogen (secondary N) is 1. The Balaban J connectivity index is 1.41. The van der Waals surface area contributed by atoms with E-state index in [0.29, 0.717) is 17.9 Å². The molecule has 7 nitrogen and oxygen atoms in total. The maximum atomic E-state index is 12.6. The van der Waals surface area contributed by atoms with Crippen molar-refractivity contribution in [2.24, 2.45) is 5.92 Å². The lowest BCUT2D eigenvalue weighted by molar-refractivity contribution is 0.0872.